The van der Waals surface area contributed by atoms with Gasteiger partial charge in [0.15, 0.2) is 9.84 Å². The number of nitrogens with one attached hydrogen (secondary N) is 1. The zero-order valence-corrected chi connectivity index (χ0v) is 13.2. The van der Waals surface area contributed by atoms with Crippen LogP contribution >= 0.6 is 0 Å². The lowest BCUT2D eigenvalue weighted by molar-refractivity contribution is 0.176. The first-order valence-electron chi connectivity index (χ1n) is 6.20. The fourth-order valence-electron chi connectivity index (χ4n) is 2.20. The van der Waals surface area contributed by atoms with Gasteiger partial charge < -0.3 is 9.84 Å². The van der Waals surface area contributed by atoms with E-state index in [0.29, 0.717) is 0 Å². The standard InChI is InChI=1S/C12H17NO6S2/c1-8-3-4-11(19-2)12(5-8)21(17,18)13-9-6-20(15,16)7-10(9)14/h3-5,9-10,13-14H,6-7H2,1-2H3/t9-,10-/m1/s1. The predicted molar refractivity (Wildman–Crippen MR) is 76.5 cm³/mol. The van der Waals surface area contributed by atoms with Crippen LogP contribution < -0.4 is 9.46 Å². The van der Waals surface area contributed by atoms with Crippen molar-refractivity contribution < 1.29 is 26.7 Å². The van der Waals surface area contributed by atoms with E-state index in [4.69, 9.17) is 4.74 Å². The summed E-state index contributed by atoms with van der Waals surface area (Å²) >= 11 is 0. The maximum atomic E-state index is 12.4. The Hall–Kier alpha value is -1.16. The lowest BCUT2D eigenvalue weighted by Crippen LogP contribution is -2.42. The lowest BCUT2D eigenvalue weighted by Gasteiger charge is -2.17. The maximum absolute atomic E-state index is 12.4. The summed E-state index contributed by atoms with van der Waals surface area (Å²) in [5.74, 6) is -0.699. The molecular weight excluding hydrogens is 318 g/mol. The zero-order valence-electron chi connectivity index (χ0n) is 11.6. The predicted octanol–water partition coefficient (Wildman–Crippen LogP) is -0.560. The van der Waals surface area contributed by atoms with E-state index in [0.717, 1.165) is 5.56 Å². The van der Waals surface area contributed by atoms with E-state index in [2.05, 4.69) is 4.72 Å². The summed E-state index contributed by atoms with van der Waals surface area (Å²) in [7, 11) is -6.08. The summed E-state index contributed by atoms with van der Waals surface area (Å²) in [6.07, 6.45) is -1.25. The Labute approximate surface area is 123 Å². The number of aliphatic hydroxyl groups excluding tert-OH is 1. The fraction of sp³-hybridized carbons (Fsp3) is 0.500. The Balaban J connectivity index is 2.34. The number of sulfone groups is 1. The molecule has 2 atom stereocenters. The molecule has 0 aromatic heterocycles. The van der Waals surface area contributed by atoms with E-state index >= 15 is 0 Å². The Kier molecular flexibility index (Phi) is 4.29. The van der Waals surface area contributed by atoms with Crippen LogP contribution in [0.4, 0.5) is 0 Å². The number of ether oxygens (including phenoxy) is 1. The molecule has 0 radical (unpaired) electrons. The molecular formula is C12H17NO6S2. The summed E-state index contributed by atoms with van der Waals surface area (Å²) in [4.78, 5) is -0.0819. The second-order valence-electron chi connectivity index (χ2n) is 5.03. The van der Waals surface area contributed by atoms with Crippen molar-refractivity contribution in [2.45, 2.75) is 24.0 Å². The third-order valence-corrected chi connectivity index (χ3v) is 6.47. The first kappa shape index (κ1) is 16.2. The topological polar surface area (TPSA) is 110 Å². The maximum Gasteiger partial charge on any atom is 0.244 e. The minimum Gasteiger partial charge on any atom is -0.495 e. The van der Waals surface area contributed by atoms with Gasteiger partial charge in [-0.15, -0.1) is 0 Å². The molecule has 0 saturated carbocycles. The van der Waals surface area contributed by atoms with Gasteiger partial charge in [-0.3, -0.25) is 0 Å². The largest absolute Gasteiger partial charge is 0.495 e. The van der Waals surface area contributed by atoms with Gasteiger partial charge in [-0.2, -0.15) is 0 Å². The van der Waals surface area contributed by atoms with E-state index in [9.17, 15) is 21.9 Å². The lowest BCUT2D eigenvalue weighted by atomic mass is 10.2. The highest BCUT2D eigenvalue weighted by Crippen LogP contribution is 2.25. The highest BCUT2D eigenvalue weighted by Gasteiger charge is 2.39. The Morgan fingerprint density at radius 2 is 2.00 bits per heavy atom. The number of aryl methyl sites for hydroxylation is 1. The number of benzene rings is 1. The Morgan fingerprint density at radius 1 is 1.33 bits per heavy atom. The van der Waals surface area contributed by atoms with Gasteiger partial charge in [-0.1, -0.05) is 6.07 Å². The Bertz CT molecular complexity index is 741. The molecule has 1 aliphatic rings. The first-order valence-corrected chi connectivity index (χ1v) is 9.50. The van der Waals surface area contributed by atoms with Gasteiger partial charge in [0, 0.05) is 0 Å². The number of hydrogen-bond acceptors (Lipinski definition) is 6. The summed E-state index contributed by atoms with van der Waals surface area (Å²) in [5, 5.41) is 9.68. The first-order chi connectivity index (χ1) is 9.64. The van der Waals surface area contributed by atoms with Gasteiger partial charge in [-0.25, -0.2) is 21.6 Å². The van der Waals surface area contributed by atoms with Crippen LogP contribution in [0.15, 0.2) is 23.1 Å². The molecule has 7 nitrogen and oxygen atoms in total. The van der Waals surface area contributed by atoms with Crippen molar-refractivity contribution in [2.75, 3.05) is 18.6 Å². The van der Waals surface area contributed by atoms with Crippen LogP contribution in [0.25, 0.3) is 0 Å². The average Bonchev–Trinajstić information content (AvgIpc) is 2.61. The summed E-state index contributed by atoms with van der Waals surface area (Å²) in [6.45, 7) is 1.73. The fourth-order valence-corrected chi connectivity index (χ4v) is 5.57. The summed E-state index contributed by atoms with van der Waals surface area (Å²) in [5.41, 5.74) is 0.718. The van der Waals surface area contributed by atoms with Crippen LogP contribution in [-0.4, -0.2) is 52.7 Å². The highest BCUT2D eigenvalue weighted by atomic mass is 32.2. The van der Waals surface area contributed by atoms with E-state index in [-0.39, 0.29) is 10.6 Å². The third kappa shape index (κ3) is 3.54. The molecule has 0 unspecified atom stereocenters. The second kappa shape index (κ2) is 5.56. The third-order valence-electron chi connectivity index (χ3n) is 3.24. The van der Waals surface area contributed by atoms with Crippen LogP contribution in [0, 0.1) is 6.92 Å². The van der Waals surface area contributed by atoms with E-state index in [1.807, 2.05) is 0 Å². The average molecular weight is 335 g/mol. The van der Waals surface area contributed by atoms with Gasteiger partial charge in [0.25, 0.3) is 0 Å². The van der Waals surface area contributed by atoms with Gasteiger partial charge >= 0.3 is 0 Å². The molecule has 2 rings (SSSR count). The molecule has 1 aliphatic heterocycles. The molecule has 1 fully saturated rings. The van der Waals surface area contributed by atoms with Crippen molar-refractivity contribution in [1.29, 1.82) is 0 Å². The van der Waals surface area contributed by atoms with E-state index in [1.165, 1.54) is 19.2 Å². The van der Waals surface area contributed by atoms with Crippen LogP contribution in [0.5, 0.6) is 5.75 Å². The smallest absolute Gasteiger partial charge is 0.244 e. The minimum absolute atomic E-state index is 0.0819. The summed E-state index contributed by atoms with van der Waals surface area (Å²) in [6, 6.07) is 3.60. The zero-order chi connectivity index (χ0) is 15.8. The molecule has 21 heavy (non-hydrogen) atoms. The quantitative estimate of drug-likeness (QED) is 0.763. The van der Waals surface area contributed by atoms with Crippen molar-refractivity contribution in [3.05, 3.63) is 23.8 Å². The SMILES string of the molecule is COc1ccc(C)cc1S(=O)(=O)N[C@@H]1CS(=O)(=O)C[C@H]1O. The molecule has 1 aromatic rings. The number of aliphatic hydroxyl groups is 1. The van der Waals surface area contributed by atoms with Crippen molar-refractivity contribution >= 4 is 19.9 Å². The van der Waals surface area contributed by atoms with Crippen LogP contribution in [0.1, 0.15) is 5.56 Å². The molecule has 9 heteroatoms. The number of hydrogen-bond donors (Lipinski definition) is 2. The van der Waals surface area contributed by atoms with Gasteiger partial charge in [0.1, 0.15) is 10.6 Å². The number of sulfonamides is 1. The second-order valence-corrected chi connectivity index (χ2v) is 8.86. The van der Waals surface area contributed by atoms with Crippen LogP contribution in [0.2, 0.25) is 0 Å². The Morgan fingerprint density at radius 3 is 2.52 bits per heavy atom. The van der Waals surface area contributed by atoms with E-state index < -0.39 is 43.5 Å². The molecule has 2 N–H and O–H groups in total. The number of methoxy groups -OCH3 is 1. The molecule has 0 aliphatic carbocycles. The molecule has 118 valence electrons. The molecule has 0 bridgehead atoms. The monoisotopic (exact) mass is 335 g/mol. The minimum atomic E-state index is -3.99. The molecule has 0 amide bonds. The van der Waals surface area contributed by atoms with Crippen LogP contribution in [-0.2, 0) is 19.9 Å². The van der Waals surface area contributed by atoms with Gasteiger partial charge in [-0.05, 0) is 24.6 Å². The molecule has 0 spiro atoms. The van der Waals surface area contributed by atoms with Gasteiger partial charge in [0.05, 0.1) is 30.8 Å². The normalized spacial score (nSPS) is 24.9. The van der Waals surface area contributed by atoms with Gasteiger partial charge in [0.2, 0.25) is 10.0 Å². The van der Waals surface area contributed by atoms with Crippen LogP contribution in [0.3, 0.4) is 0 Å². The van der Waals surface area contributed by atoms with Crippen molar-refractivity contribution in [1.82, 2.24) is 4.72 Å². The highest BCUT2D eigenvalue weighted by molar-refractivity contribution is 7.92. The van der Waals surface area contributed by atoms with Crippen molar-refractivity contribution in [3.8, 4) is 5.75 Å². The van der Waals surface area contributed by atoms with Crippen molar-refractivity contribution in [3.63, 3.8) is 0 Å². The molecule has 1 heterocycles. The molecule has 1 saturated heterocycles. The van der Waals surface area contributed by atoms with Crippen molar-refractivity contribution in [2.24, 2.45) is 0 Å². The van der Waals surface area contributed by atoms with E-state index in [1.54, 1.807) is 13.0 Å². The molecule has 1 aromatic carbocycles. The summed E-state index contributed by atoms with van der Waals surface area (Å²) < 4.78 is 54.9. The number of rotatable bonds is 4.